The number of furan rings is 1. The summed E-state index contributed by atoms with van der Waals surface area (Å²) < 4.78 is 49.4. The number of rotatable bonds is 4. The van der Waals surface area contributed by atoms with E-state index in [1.165, 1.54) is 18.2 Å². The zero-order valence-corrected chi connectivity index (χ0v) is 10.8. The lowest BCUT2D eigenvalue weighted by molar-refractivity contribution is -0.139. The molecule has 1 heterocycles. The first-order valence-corrected chi connectivity index (χ1v) is 6.01. The molecule has 0 spiro atoms. The van der Waals surface area contributed by atoms with Gasteiger partial charge in [0.1, 0.15) is 17.3 Å². The second-order valence-electron chi connectivity index (χ2n) is 4.28. The van der Waals surface area contributed by atoms with Gasteiger partial charge in [-0.1, -0.05) is 12.1 Å². The van der Waals surface area contributed by atoms with Crippen molar-refractivity contribution >= 4 is 0 Å². The lowest BCUT2D eigenvalue weighted by Gasteiger charge is -2.19. The van der Waals surface area contributed by atoms with Gasteiger partial charge < -0.3 is 14.9 Å². The number of alkyl halides is 3. The number of hydrogen-bond donors (Lipinski definition) is 1. The van der Waals surface area contributed by atoms with Crippen molar-refractivity contribution in [1.29, 1.82) is 0 Å². The molecule has 0 fully saturated rings. The van der Waals surface area contributed by atoms with Gasteiger partial charge in [0.2, 0.25) is 0 Å². The van der Waals surface area contributed by atoms with Crippen molar-refractivity contribution in [1.82, 2.24) is 0 Å². The van der Waals surface area contributed by atoms with Crippen LogP contribution >= 0.6 is 0 Å². The molecule has 1 aromatic carbocycles. The van der Waals surface area contributed by atoms with E-state index in [0.29, 0.717) is 11.5 Å². The summed E-state index contributed by atoms with van der Waals surface area (Å²) in [6, 6.07) is 8.37. The molecular weight excluding hydrogens is 271 g/mol. The third-order valence-corrected chi connectivity index (χ3v) is 2.75. The van der Waals surface area contributed by atoms with Crippen LogP contribution in [0.3, 0.4) is 0 Å². The summed E-state index contributed by atoms with van der Waals surface area (Å²) in [7, 11) is 0. The molecule has 2 aromatic rings. The average molecular weight is 285 g/mol. The summed E-state index contributed by atoms with van der Waals surface area (Å²) in [4.78, 5) is 0. The van der Waals surface area contributed by atoms with E-state index < -0.39 is 17.8 Å². The third kappa shape index (κ3) is 3.14. The summed E-state index contributed by atoms with van der Waals surface area (Å²) >= 11 is 0. The summed E-state index contributed by atoms with van der Waals surface area (Å²) in [5.74, 6) is 0.789. The van der Waals surface area contributed by atoms with Gasteiger partial charge in [0.25, 0.3) is 0 Å². The van der Waals surface area contributed by atoms with Gasteiger partial charge in [-0.15, -0.1) is 0 Å². The topological polar surface area (TPSA) is 48.4 Å². The monoisotopic (exact) mass is 285 g/mol. The highest BCUT2D eigenvalue weighted by Crippen LogP contribution is 2.37. The van der Waals surface area contributed by atoms with Crippen molar-refractivity contribution in [2.24, 2.45) is 5.73 Å². The first-order chi connectivity index (χ1) is 9.41. The van der Waals surface area contributed by atoms with Gasteiger partial charge in [0.15, 0.2) is 6.10 Å². The minimum atomic E-state index is -4.48. The zero-order valence-electron chi connectivity index (χ0n) is 10.8. The summed E-state index contributed by atoms with van der Waals surface area (Å²) in [6.07, 6.45) is -5.23. The Morgan fingerprint density at radius 3 is 2.45 bits per heavy atom. The normalized spacial score (nSPS) is 13.2. The molecule has 6 heteroatoms. The molecule has 0 radical (unpaired) electrons. The van der Waals surface area contributed by atoms with Crippen LogP contribution in [0.2, 0.25) is 0 Å². The Kier molecular flexibility index (Phi) is 4.04. The quantitative estimate of drug-likeness (QED) is 0.932. The molecule has 0 saturated carbocycles. The number of halogens is 3. The highest BCUT2D eigenvalue weighted by molar-refractivity contribution is 5.36. The van der Waals surface area contributed by atoms with Crippen molar-refractivity contribution in [3.63, 3.8) is 0 Å². The molecule has 1 aromatic heterocycles. The van der Waals surface area contributed by atoms with Crippen LogP contribution in [0.15, 0.2) is 40.8 Å². The largest absolute Gasteiger partial charge is 0.481 e. The van der Waals surface area contributed by atoms with E-state index in [0.717, 1.165) is 6.07 Å². The Morgan fingerprint density at radius 1 is 1.20 bits per heavy atom. The third-order valence-electron chi connectivity index (χ3n) is 2.75. The zero-order chi connectivity index (χ0) is 14.8. The first kappa shape index (κ1) is 14.5. The molecular formula is C14H14F3NO2. The Balaban J connectivity index is 2.29. The Morgan fingerprint density at radius 2 is 1.90 bits per heavy atom. The van der Waals surface area contributed by atoms with Crippen molar-refractivity contribution in [2.75, 3.05) is 6.54 Å². The maximum absolute atomic E-state index is 12.9. The summed E-state index contributed by atoms with van der Waals surface area (Å²) in [5.41, 5.74) is 4.72. The standard InChI is InChI=1S/C14H14F3NO2/c1-9-6-7-12(19-9)13(8-18)20-11-5-3-2-4-10(11)14(15,16)17/h2-7,13H,8,18H2,1H3. The van der Waals surface area contributed by atoms with Gasteiger partial charge >= 0.3 is 6.18 Å². The van der Waals surface area contributed by atoms with Gasteiger partial charge in [0, 0.05) is 6.54 Å². The Hall–Kier alpha value is -1.95. The maximum atomic E-state index is 12.9. The van der Waals surface area contributed by atoms with E-state index >= 15 is 0 Å². The Labute approximate surface area is 114 Å². The smallest absolute Gasteiger partial charge is 0.419 e. The molecule has 108 valence electrons. The second kappa shape index (κ2) is 5.58. The number of ether oxygens (including phenoxy) is 1. The number of para-hydroxylation sites is 1. The lowest BCUT2D eigenvalue weighted by atomic mass is 10.2. The van der Waals surface area contributed by atoms with Crippen LogP contribution in [0.5, 0.6) is 5.75 Å². The molecule has 1 unspecified atom stereocenters. The second-order valence-corrected chi connectivity index (χ2v) is 4.28. The van der Waals surface area contributed by atoms with Crippen LogP contribution in [-0.4, -0.2) is 6.54 Å². The van der Waals surface area contributed by atoms with E-state index in [2.05, 4.69) is 0 Å². The van der Waals surface area contributed by atoms with Crippen molar-refractivity contribution in [2.45, 2.75) is 19.2 Å². The van der Waals surface area contributed by atoms with Gasteiger partial charge in [-0.05, 0) is 31.2 Å². The molecule has 0 amide bonds. The number of aryl methyl sites for hydroxylation is 1. The fourth-order valence-corrected chi connectivity index (χ4v) is 1.81. The predicted molar refractivity (Wildman–Crippen MR) is 67.3 cm³/mol. The summed E-state index contributed by atoms with van der Waals surface area (Å²) in [5, 5.41) is 0. The van der Waals surface area contributed by atoms with Gasteiger partial charge in [-0.2, -0.15) is 13.2 Å². The van der Waals surface area contributed by atoms with Crippen LogP contribution in [0.4, 0.5) is 13.2 Å². The van der Waals surface area contributed by atoms with Crippen LogP contribution in [0, 0.1) is 6.92 Å². The van der Waals surface area contributed by atoms with Crippen LogP contribution < -0.4 is 10.5 Å². The molecule has 1 atom stereocenters. The molecule has 0 aliphatic rings. The highest BCUT2D eigenvalue weighted by atomic mass is 19.4. The van der Waals surface area contributed by atoms with E-state index in [4.69, 9.17) is 14.9 Å². The molecule has 2 N–H and O–H groups in total. The van der Waals surface area contributed by atoms with Crippen LogP contribution in [0.25, 0.3) is 0 Å². The van der Waals surface area contributed by atoms with E-state index in [9.17, 15) is 13.2 Å². The molecule has 0 saturated heterocycles. The number of hydrogen-bond acceptors (Lipinski definition) is 3. The highest BCUT2D eigenvalue weighted by Gasteiger charge is 2.34. The van der Waals surface area contributed by atoms with Crippen LogP contribution in [0.1, 0.15) is 23.2 Å². The fraction of sp³-hybridized carbons (Fsp3) is 0.286. The molecule has 20 heavy (non-hydrogen) atoms. The van der Waals surface area contributed by atoms with E-state index in [1.54, 1.807) is 19.1 Å². The van der Waals surface area contributed by atoms with Gasteiger partial charge in [0.05, 0.1) is 5.56 Å². The number of nitrogens with two attached hydrogens (primary N) is 1. The van der Waals surface area contributed by atoms with Crippen LogP contribution in [-0.2, 0) is 6.18 Å². The van der Waals surface area contributed by atoms with E-state index in [-0.39, 0.29) is 12.3 Å². The van der Waals surface area contributed by atoms with Crippen molar-refractivity contribution < 1.29 is 22.3 Å². The molecule has 3 nitrogen and oxygen atoms in total. The average Bonchev–Trinajstić information content (AvgIpc) is 2.82. The van der Waals surface area contributed by atoms with E-state index in [1.807, 2.05) is 0 Å². The van der Waals surface area contributed by atoms with Crippen molar-refractivity contribution in [3.05, 3.63) is 53.5 Å². The minimum Gasteiger partial charge on any atom is -0.481 e. The minimum absolute atomic E-state index is 0.0130. The first-order valence-electron chi connectivity index (χ1n) is 6.01. The molecule has 0 aliphatic heterocycles. The predicted octanol–water partition coefficient (Wildman–Crippen LogP) is 3.69. The molecule has 2 rings (SSSR count). The maximum Gasteiger partial charge on any atom is 0.419 e. The fourth-order valence-electron chi connectivity index (χ4n) is 1.81. The van der Waals surface area contributed by atoms with Gasteiger partial charge in [-0.3, -0.25) is 0 Å². The van der Waals surface area contributed by atoms with Crippen molar-refractivity contribution in [3.8, 4) is 5.75 Å². The number of benzene rings is 1. The SMILES string of the molecule is Cc1ccc(C(CN)Oc2ccccc2C(F)(F)F)o1. The molecule has 0 aliphatic carbocycles. The molecule has 0 bridgehead atoms. The Bertz CT molecular complexity index is 578. The summed E-state index contributed by atoms with van der Waals surface area (Å²) in [6.45, 7) is 1.75. The van der Waals surface area contributed by atoms with Gasteiger partial charge in [-0.25, -0.2) is 0 Å². The lowest BCUT2D eigenvalue weighted by Crippen LogP contribution is -2.19.